The number of nitrogens with zero attached hydrogens (tertiary/aromatic N) is 3. The third-order valence-corrected chi connectivity index (χ3v) is 4.50. The van der Waals surface area contributed by atoms with Gasteiger partial charge >= 0.3 is 6.09 Å². The number of amides is 2. The highest BCUT2D eigenvalue weighted by atomic mass is 19.3. The molecular weight excluding hydrogens is 376 g/mol. The number of benzene rings is 1. The van der Waals surface area contributed by atoms with Gasteiger partial charge in [-0.05, 0) is 12.1 Å². The number of carbonyl (C=O) groups is 2. The van der Waals surface area contributed by atoms with Crippen LogP contribution < -0.4 is 20.7 Å². The van der Waals surface area contributed by atoms with Crippen LogP contribution in [0.5, 0.6) is 5.75 Å². The van der Waals surface area contributed by atoms with Gasteiger partial charge in [0.1, 0.15) is 25.0 Å². The number of primary amides is 1. The summed E-state index contributed by atoms with van der Waals surface area (Å²) >= 11 is 0. The smallest absolute Gasteiger partial charge is 0.416 e. The summed E-state index contributed by atoms with van der Waals surface area (Å²) in [7, 11) is 0. The summed E-state index contributed by atoms with van der Waals surface area (Å²) in [6.07, 6.45) is -3.59. The molecule has 3 heterocycles. The zero-order valence-electron chi connectivity index (χ0n) is 14.6. The molecule has 1 aromatic heterocycles. The van der Waals surface area contributed by atoms with Crippen LogP contribution in [0.1, 0.15) is 0 Å². The van der Waals surface area contributed by atoms with Crippen LogP contribution >= 0.6 is 0 Å². The molecule has 1 aromatic carbocycles. The monoisotopic (exact) mass is 393 g/mol. The standard InChI is InChI=1S/C17H17F2N5O4/c18-16(19)12-8-28-17(26)24(12)15-6-11-10-2-1-9(21-7-14(20)25)5-13(10)27-4-3-23(11)22-15/h1-2,5-6,12,16,21H,3-4,7-8H2,(H2,20,25). The van der Waals surface area contributed by atoms with Gasteiger partial charge in [-0.15, -0.1) is 0 Å². The average molecular weight is 393 g/mol. The second kappa shape index (κ2) is 6.98. The van der Waals surface area contributed by atoms with Gasteiger partial charge in [0.25, 0.3) is 6.43 Å². The first-order valence-electron chi connectivity index (χ1n) is 8.55. The summed E-state index contributed by atoms with van der Waals surface area (Å²) in [6.45, 7) is 0.264. The number of hydrogen-bond acceptors (Lipinski definition) is 6. The van der Waals surface area contributed by atoms with E-state index in [0.717, 1.165) is 4.90 Å². The van der Waals surface area contributed by atoms with Crippen molar-refractivity contribution in [2.45, 2.75) is 19.0 Å². The normalized spacial score (nSPS) is 18.2. The topological polar surface area (TPSA) is 112 Å². The van der Waals surface area contributed by atoms with Crippen LogP contribution in [0.3, 0.4) is 0 Å². The van der Waals surface area contributed by atoms with E-state index in [1.54, 1.807) is 28.9 Å². The van der Waals surface area contributed by atoms with Gasteiger partial charge < -0.3 is 20.5 Å². The number of cyclic esters (lactones) is 1. The Morgan fingerprint density at radius 3 is 2.93 bits per heavy atom. The van der Waals surface area contributed by atoms with Gasteiger partial charge in [0.2, 0.25) is 5.91 Å². The first-order chi connectivity index (χ1) is 13.4. The van der Waals surface area contributed by atoms with Gasteiger partial charge in [-0.1, -0.05) is 0 Å². The van der Waals surface area contributed by atoms with E-state index in [-0.39, 0.29) is 19.0 Å². The molecule has 0 saturated carbocycles. The number of carbonyl (C=O) groups excluding carboxylic acids is 2. The highest BCUT2D eigenvalue weighted by Crippen LogP contribution is 2.37. The van der Waals surface area contributed by atoms with Crippen molar-refractivity contribution in [1.82, 2.24) is 9.78 Å². The maximum Gasteiger partial charge on any atom is 0.416 e. The fourth-order valence-electron chi connectivity index (χ4n) is 3.19. The second-order valence-corrected chi connectivity index (χ2v) is 6.34. The molecule has 1 fully saturated rings. The molecule has 1 atom stereocenters. The summed E-state index contributed by atoms with van der Waals surface area (Å²) in [6, 6.07) is 5.40. The predicted molar refractivity (Wildman–Crippen MR) is 94.5 cm³/mol. The number of alkyl halides is 2. The number of nitrogens with two attached hydrogens (primary N) is 1. The molecule has 28 heavy (non-hydrogen) atoms. The number of nitrogens with one attached hydrogen (secondary N) is 1. The lowest BCUT2D eigenvalue weighted by Crippen LogP contribution is -2.39. The molecule has 2 amide bonds. The lowest BCUT2D eigenvalue weighted by Gasteiger charge is -2.17. The van der Waals surface area contributed by atoms with Crippen LogP contribution in [0.4, 0.5) is 25.1 Å². The van der Waals surface area contributed by atoms with E-state index in [9.17, 15) is 18.4 Å². The zero-order chi connectivity index (χ0) is 19.8. The number of aromatic nitrogens is 2. The molecule has 2 aliphatic heterocycles. The number of fused-ring (bicyclic) bond motifs is 3. The summed E-state index contributed by atoms with van der Waals surface area (Å²) < 4.78 is 38.6. The molecule has 4 rings (SSSR count). The van der Waals surface area contributed by atoms with Gasteiger partial charge in [-0.2, -0.15) is 5.10 Å². The molecule has 3 N–H and O–H groups in total. The van der Waals surface area contributed by atoms with Crippen molar-refractivity contribution in [1.29, 1.82) is 0 Å². The Balaban J connectivity index is 1.68. The Labute approximate surface area is 158 Å². The summed E-state index contributed by atoms with van der Waals surface area (Å²) in [5, 5.41) is 7.19. The van der Waals surface area contributed by atoms with E-state index in [1.807, 2.05) is 0 Å². The first-order valence-corrected chi connectivity index (χ1v) is 8.55. The molecule has 11 heteroatoms. The lowest BCUT2D eigenvalue weighted by molar-refractivity contribution is -0.116. The van der Waals surface area contributed by atoms with Crippen LogP contribution in [-0.2, 0) is 16.1 Å². The van der Waals surface area contributed by atoms with E-state index < -0.39 is 24.5 Å². The molecule has 2 aromatic rings. The van der Waals surface area contributed by atoms with Crippen LogP contribution in [-0.4, -0.2) is 54.0 Å². The Morgan fingerprint density at radius 1 is 1.36 bits per heavy atom. The van der Waals surface area contributed by atoms with Crippen LogP contribution in [0.15, 0.2) is 24.3 Å². The second-order valence-electron chi connectivity index (χ2n) is 6.34. The fraction of sp³-hybridized carbons (Fsp3) is 0.353. The minimum absolute atomic E-state index is 0.0209. The van der Waals surface area contributed by atoms with E-state index in [4.69, 9.17) is 15.2 Å². The predicted octanol–water partition coefficient (Wildman–Crippen LogP) is 1.43. The van der Waals surface area contributed by atoms with E-state index in [2.05, 4.69) is 10.4 Å². The zero-order valence-corrected chi connectivity index (χ0v) is 14.6. The Morgan fingerprint density at radius 2 is 2.18 bits per heavy atom. The molecule has 9 nitrogen and oxygen atoms in total. The minimum atomic E-state index is -2.75. The highest BCUT2D eigenvalue weighted by Gasteiger charge is 2.42. The average Bonchev–Trinajstić information content (AvgIpc) is 3.19. The van der Waals surface area contributed by atoms with Gasteiger partial charge in [-0.25, -0.2) is 18.5 Å². The number of halogens is 2. The molecule has 0 radical (unpaired) electrons. The summed E-state index contributed by atoms with van der Waals surface area (Å²) in [5.41, 5.74) is 7.08. The molecule has 0 aliphatic carbocycles. The molecule has 1 saturated heterocycles. The van der Waals surface area contributed by atoms with Crippen molar-refractivity contribution in [3.63, 3.8) is 0 Å². The Hall–Kier alpha value is -3.37. The largest absolute Gasteiger partial charge is 0.491 e. The van der Waals surface area contributed by atoms with Crippen molar-refractivity contribution >= 4 is 23.5 Å². The highest BCUT2D eigenvalue weighted by molar-refractivity contribution is 5.90. The SMILES string of the molecule is NC(=O)CNc1ccc2c(c1)OCCn1nc(N3C(=O)OCC3C(F)F)cc1-2. The third kappa shape index (κ3) is 3.19. The number of rotatable bonds is 5. The van der Waals surface area contributed by atoms with Gasteiger partial charge in [-0.3, -0.25) is 9.48 Å². The molecule has 0 bridgehead atoms. The molecule has 148 valence electrons. The van der Waals surface area contributed by atoms with Crippen molar-refractivity contribution in [2.75, 3.05) is 30.0 Å². The Bertz CT molecular complexity index is 932. The fourth-order valence-corrected chi connectivity index (χ4v) is 3.19. The number of hydrogen-bond donors (Lipinski definition) is 2. The van der Waals surface area contributed by atoms with Crippen LogP contribution in [0, 0.1) is 0 Å². The van der Waals surface area contributed by atoms with E-state index >= 15 is 0 Å². The quantitative estimate of drug-likeness (QED) is 0.795. The number of anilines is 2. The number of ether oxygens (including phenoxy) is 2. The maximum atomic E-state index is 13.2. The first kappa shape index (κ1) is 18.0. The van der Waals surface area contributed by atoms with Crippen LogP contribution in [0.25, 0.3) is 11.3 Å². The van der Waals surface area contributed by atoms with Gasteiger partial charge in [0, 0.05) is 23.4 Å². The van der Waals surface area contributed by atoms with E-state index in [0.29, 0.717) is 35.8 Å². The maximum absolute atomic E-state index is 13.2. The van der Waals surface area contributed by atoms with Crippen LogP contribution in [0.2, 0.25) is 0 Å². The van der Waals surface area contributed by atoms with Crippen molar-refractivity contribution in [2.24, 2.45) is 5.73 Å². The van der Waals surface area contributed by atoms with E-state index in [1.165, 1.54) is 0 Å². The van der Waals surface area contributed by atoms with Gasteiger partial charge in [0.15, 0.2) is 5.82 Å². The summed E-state index contributed by atoms with van der Waals surface area (Å²) in [4.78, 5) is 23.8. The minimum Gasteiger partial charge on any atom is -0.491 e. The van der Waals surface area contributed by atoms with Gasteiger partial charge in [0.05, 0.1) is 18.8 Å². The third-order valence-electron chi connectivity index (χ3n) is 4.50. The molecule has 0 spiro atoms. The summed E-state index contributed by atoms with van der Waals surface area (Å²) in [5.74, 6) is 0.144. The molecule has 1 unspecified atom stereocenters. The lowest BCUT2D eigenvalue weighted by atomic mass is 10.1. The molecule has 2 aliphatic rings. The molecular formula is C17H17F2N5O4. The van der Waals surface area contributed by atoms with Crippen molar-refractivity contribution < 1.29 is 27.8 Å². The van der Waals surface area contributed by atoms with Crippen molar-refractivity contribution in [3.05, 3.63) is 24.3 Å². The Kier molecular flexibility index (Phi) is 4.49. The van der Waals surface area contributed by atoms with Crippen molar-refractivity contribution in [3.8, 4) is 17.0 Å².